The number of hydrogen-bond donors (Lipinski definition) is 2. The van der Waals surface area contributed by atoms with Gasteiger partial charge < -0.3 is 14.8 Å². The van der Waals surface area contributed by atoms with Gasteiger partial charge in [0, 0.05) is 12.0 Å². The Morgan fingerprint density at radius 2 is 1.43 bits per heavy atom. The first kappa shape index (κ1) is 32.5. The third-order valence-electron chi connectivity index (χ3n) is 6.53. The minimum absolute atomic E-state index is 0.117. The topological polar surface area (TPSA) is 106 Å². The lowest BCUT2D eigenvalue weighted by atomic mass is 10.1. The molecule has 2 rings (SSSR count). The number of rotatable bonds is 20. The molecule has 2 N–H and O–H groups in total. The molecule has 2 aromatic rings. The number of carbonyl (C=O) groups excluding carboxylic acids is 3. The predicted octanol–water partition coefficient (Wildman–Crippen LogP) is 6.32. The lowest BCUT2D eigenvalue weighted by Crippen LogP contribution is -2.34. The van der Waals surface area contributed by atoms with E-state index in [1.165, 1.54) is 64.7 Å². The second-order valence-corrected chi connectivity index (χ2v) is 9.87. The number of methoxy groups -OCH3 is 1. The van der Waals surface area contributed by atoms with Gasteiger partial charge in [0.25, 0.3) is 5.91 Å². The molecular formula is C32H45N3O5. The number of benzene rings is 2. The molecule has 0 aliphatic rings. The van der Waals surface area contributed by atoms with Gasteiger partial charge in [0.2, 0.25) is 5.91 Å². The summed E-state index contributed by atoms with van der Waals surface area (Å²) in [4.78, 5) is 35.7. The Kier molecular flexibility index (Phi) is 16.5. The quantitative estimate of drug-likeness (QED) is 0.0867. The zero-order valence-electron chi connectivity index (χ0n) is 24.1. The molecule has 0 fully saturated rings. The van der Waals surface area contributed by atoms with Crippen molar-refractivity contribution in [3.05, 3.63) is 65.2 Å². The largest absolute Gasteiger partial charge is 0.488 e. The molecule has 8 nitrogen and oxygen atoms in total. The summed E-state index contributed by atoms with van der Waals surface area (Å²) >= 11 is 0. The molecule has 0 radical (unpaired) electrons. The molecule has 0 saturated heterocycles. The van der Waals surface area contributed by atoms with Gasteiger partial charge in [-0.3, -0.25) is 9.59 Å². The minimum atomic E-state index is -0.396. The van der Waals surface area contributed by atoms with Crippen molar-refractivity contribution in [2.45, 2.75) is 90.6 Å². The second-order valence-electron chi connectivity index (χ2n) is 9.87. The zero-order chi connectivity index (χ0) is 28.8. The number of unbranched alkanes of at least 4 members (excludes halogenated alkanes) is 10. The van der Waals surface area contributed by atoms with Crippen LogP contribution in [-0.2, 0) is 20.9 Å². The maximum absolute atomic E-state index is 12.1. The number of nitrogens with zero attached hydrogens (tertiary/aromatic N) is 1. The van der Waals surface area contributed by atoms with Crippen LogP contribution in [0.2, 0.25) is 0 Å². The van der Waals surface area contributed by atoms with E-state index >= 15 is 0 Å². The van der Waals surface area contributed by atoms with Crippen LogP contribution in [0.15, 0.2) is 53.6 Å². The molecule has 40 heavy (non-hydrogen) atoms. The van der Waals surface area contributed by atoms with Gasteiger partial charge in [-0.2, -0.15) is 5.10 Å². The average molecular weight is 552 g/mol. The van der Waals surface area contributed by atoms with Crippen molar-refractivity contribution in [2.24, 2.45) is 5.10 Å². The highest BCUT2D eigenvalue weighted by Crippen LogP contribution is 2.18. The maximum Gasteiger partial charge on any atom is 0.337 e. The van der Waals surface area contributed by atoms with E-state index in [1.807, 2.05) is 18.2 Å². The standard InChI is InChI=1S/C32H45N3O5/c1-3-4-5-6-7-8-9-10-11-12-13-18-30(36)33-24-31(37)35-34-23-28-16-14-15-17-29(28)40-25-26-19-21-27(22-20-26)32(38)39-2/h14-17,19-23H,3-13,18,24-25H2,1-2H3,(H,33,36)(H,35,37)/b34-23-. The van der Waals surface area contributed by atoms with E-state index in [0.717, 1.165) is 24.8 Å². The van der Waals surface area contributed by atoms with Crippen molar-refractivity contribution in [2.75, 3.05) is 13.7 Å². The Hall–Kier alpha value is -3.68. The molecule has 0 spiro atoms. The fourth-order valence-electron chi connectivity index (χ4n) is 4.16. The van der Waals surface area contributed by atoms with Crippen LogP contribution >= 0.6 is 0 Å². The SMILES string of the molecule is CCCCCCCCCCCCCC(=O)NCC(=O)N/N=C\c1ccccc1OCc1ccc(C(=O)OC)cc1. The van der Waals surface area contributed by atoms with Crippen molar-refractivity contribution in [1.29, 1.82) is 0 Å². The molecular weight excluding hydrogens is 506 g/mol. The Morgan fingerprint density at radius 3 is 2.08 bits per heavy atom. The van der Waals surface area contributed by atoms with Crippen LogP contribution in [0.5, 0.6) is 5.75 Å². The molecule has 0 aliphatic heterocycles. The first-order valence-corrected chi connectivity index (χ1v) is 14.5. The number of para-hydroxylation sites is 1. The van der Waals surface area contributed by atoms with E-state index < -0.39 is 5.91 Å². The molecule has 218 valence electrons. The number of hydrazone groups is 1. The van der Waals surface area contributed by atoms with Crippen molar-refractivity contribution < 1.29 is 23.9 Å². The molecule has 0 aliphatic carbocycles. The van der Waals surface area contributed by atoms with Gasteiger partial charge in [-0.25, -0.2) is 10.2 Å². The highest BCUT2D eigenvalue weighted by atomic mass is 16.5. The highest BCUT2D eigenvalue weighted by molar-refractivity contribution is 5.89. The fraction of sp³-hybridized carbons (Fsp3) is 0.500. The summed E-state index contributed by atoms with van der Waals surface area (Å²) in [6.07, 6.45) is 15.5. The van der Waals surface area contributed by atoms with E-state index in [1.54, 1.807) is 30.3 Å². The first-order valence-electron chi connectivity index (χ1n) is 14.5. The summed E-state index contributed by atoms with van der Waals surface area (Å²) in [5.41, 5.74) is 4.49. The Labute approximate surface area is 238 Å². The molecule has 0 heterocycles. The number of hydrogen-bond acceptors (Lipinski definition) is 6. The summed E-state index contributed by atoms with van der Waals surface area (Å²) < 4.78 is 10.6. The van der Waals surface area contributed by atoms with E-state index in [0.29, 0.717) is 29.9 Å². The number of ether oxygens (including phenoxy) is 2. The zero-order valence-corrected chi connectivity index (χ0v) is 24.1. The minimum Gasteiger partial charge on any atom is -0.488 e. The monoisotopic (exact) mass is 551 g/mol. The second kappa shape index (κ2) is 20.3. The molecule has 2 aromatic carbocycles. The highest BCUT2D eigenvalue weighted by Gasteiger charge is 2.07. The first-order chi connectivity index (χ1) is 19.5. The van der Waals surface area contributed by atoms with Crippen LogP contribution in [0.4, 0.5) is 0 Å². The summed E-state index contributed by atoms with van der Waals surface area (Å²) in [5, 5.41) is 6.65. The van der Waals surface area contributed by atoms with E-state index in [2.05, 4.69) is 22.8 Å². The number of nitrogens with one attached hydrogen (secondary N) is 2. The lowest BCUT2D eigenvalue weighted by molar-refractivity contribution is -0.126. The third kappa shape index (κ3) is 13.9. The fourth-order valence-corrected chi connectivity index (χ4v) is 4.16. The third-order valence-corrected chi connectivity index (χ3v) is 6.53. The van der Waals surface area contributed by atoms with Gasteiger partial charge >= 0.3 is 5.97 Å². The summed E-state index contributed by atoms with van der Waals surface area (Å²) in [6.45, 7) is 2.42. The molecule has 8 heteroatoms. The van der Waals surface area contributed by atoms with Gasteiger partial charge in [0.15, 0.2) is 0 Å². The molecule has 2 amide bonds. The van der Waals surface area contributed by atoms with Crippen LogP contribution in [-0.4, -0.2) is 37.7 Å². The molecule has 0 saturated carbocycles. The van der Waals surface area contributed by atoms with Crippen LogP contribution in [0.1, 0.15) is 105 Å². The van der Waals surface area contributed by atoms with E-state index in [-0.39, 0.29) is 18.4 Å². The van der Waals surface area contributed by atoms with E-state index in [4.69, 9.17) is 9.47 Å². The predicted molar refractivity (Wildman–Crippen MR) is 158 cm³/mol. The molecule has 0 bridgehead atoms. The van der Waals surface area contributed by atoms with Crippen molar-refractivity contribution in [3.8, 4) is 5.75 Å². The van der Waals surface area contributed by atoms with Crippen molar-refractivity contribution >= 4 is 24.0 Å². The number of carbonyl (C=O) groups is 3. The summed E-state index contributed by atoms with van der Waals surface area (Å²) in [7, 11) is 1.34. The van der Waals surface area contributed by atoms with Gasteiger partial charge in [-0.1, -0.05) is 95.4 Å². The number of amides is 2. The Bertz CT molecular complexity index is 1050. The normalized spacial score (nSPS) is 10.8. The van der Waals surface area contributed by atoms with Crippen LogP contribution in [0.25, 0.3) is 0 Å². The summed E-state index contributed by atoms with van der Waals surface area (Å²) in [5.74, 6) is -0.307. The molecule has 0 atom stereocenters. The molecule has 0 unspecified atom stereocenters. The average Bonchev–Trinajstić information content (AvgIpc) is 2.98. The van der Waals surface area contributed by atoms with Crippen molar-refractivity contribution in [1.82, 2.24) is 10.7 Å². The lowest BCUT2D eigenvalue weighted by Gasteiger charge is -2.09. The van der Waals surface area contributed by atoms with Crippen LogP contribution in [0.3, 0.4) is 0 Å². The maximum atomic E-state index is 12.1. The van der Waals surface area contributed by atoms with Crippen molar-refractivity contribution in [3.63, 3.8) is 0 Å². The smallest absolute Gasteiger partial charge is 0.337 e. The van der Waals surface area contributed by atoms with Gasteiger partial charge in [-0.15, -0.1) is 0 Å². The Balaban J connectivity index is 1.60. The molecule has 0 aromatic heterocycles. The summed E-state index contributed by atoms with van der Waals surface area (Å²) in [6, 6.07) is 14.3. The van der Waals surface area contributed by atoms with Crippen LogP contribution < -0.4 is 15.5 Å². The van der Waals surface area contributed by atoms with E-state index in [9.17, 15) is 14.4 Å². The van der Waals surface area contributed by atoms with Gasteiger partial charge in [0.1, 0.15) is 12.4 Å². The van der Waals surface area contributed by atoms with Gasteiger partial charge in [0.05, 0.1) is 25.4 Å². The van der Waals surface area contributed by atoms with Crippen LogP contribution in [0, 0.1) is 0 Å². The number of esters is 1. The Morgan fingerprint density at radius 1 is 0.800 bits per heavy atom. The van der Waals surface area contributed by atoms with Gasteiger partial charge in [-0.05, 0) is 36.2 Å².